The molecule has 1 nitrogen and oxygen atoms in total. The van der Waals surface area contributed by atoms with Crippen LogP contribution < -0.4 is 0 Å². The summed E-state index contributed by atoms with van der Waals surface area (Å²) in [5.41, 5.74) is 2.87. The average Bonchev–Trinajstić information content (AvgIpc) is 2.26. The zero-order valence-electron chi connectivity index (χ0n) is 14.4. The van der Waals surface area contributed by atoms with Gasteiger partial charge in [0.05, 0.1) is 0 Å². The zero-order valence-corrected chi connectivity index (χ0v) is 14.4. The van der Waals surface area contributed by atoms with E-state index >= 15 is 0 Å². The Balaban J connectivity index is 3.11. The molecular weight excluding hydrogens is 244 g/mol. The summed E-state index contributed by atoms with van der Waals surface area (Å²) in [5, 5.41) is 10.1. The fourth-order valence-electron chi connectivity index (χ4n) is 3.39. The van der Waals surface area contributed by atoms with Crippen LogP contribution in [-0.2, 0) is 5.41 Å². The van der Waals surface area contributed by atoms with Crippen molar-refractivity contribution in [3.05, 3.63) is 29.3 Å². The van der Waals surface area contributed by atoms with Crippen LogP contribution in [-0.4, -0.2) is 5.11 Å². The maximum Gasteiger partial charge on any atom is 0.119 e. The number of aromatic hydroxyl groups is 1. The molecule has 1 aromatic rings. The van der Waals surface area contributed by atoms with Crippen LogP contribution in [0.15, 0.2) is 18.2 Å². The van der Waals surface area contributed by atoms with Crippen molar-refractivity contribution in [2.45, 2.75) is 79.1 Å². The van der Waals surface area contributed by atoms with Crippen molar-refractivity contribution in [2.75, 3.05) is 0 Å². The third-order valence-corrected chi connectivity index (χ3v) is 4.03. The van der Waals surface area contributed by atoms with E-state index in [9.17, 15) is 5.11 Å². The first kappa shape index (κ1) is 17.1. The topological polar surface area (TPSA) is 20.2 Å². The molecular formula is C19H32O. The molecule has 0 saturated heterocycles. The van der Waals surface area contributed by atoms with E-state index in [0.29, 0.717) is 17.1 Å². The Morgan fingerprint density at radius 3 is 2.20 bits per heavy atom. The molecule has 0 aliphatic carbocycles. The Morgan fingerprint density at radius 1 is 1.10 bits per heavy atom. The molecule has 1 unspecified atom stereocenters. The van der Waals surface area contributed by atoms with E-state index in [-0.39, 0.29) is 5.41 Å². The van der Waals surface area contributed by atoms with Gasteiger partial charge in [0.2, 0.25) is 0 Å². The molecule has 1 aromatic carbocycles. The van der Waals surface area contributed by atoms with Crippen LogP contribution in [0.25, 0.3) is 0 Å². The van der Waals surface area contributed by atoms with E-state index in [1.807, 2.05) is 6.07 Å². The van der Waals surface area contributed by atoms with Gasteiger partial charge >= 0.3 is 0 Å². The summed E-state index contributed by atoms with van der Waals surface area (Å²) >= 11 is 0. The smallest absolute Gasteiger partial charge is 0.119 e. The van der Waals surface area contributed by atoms with E-state index in [4.69, 9.17) is 0 Å². The molecule has 114 valence electrons. The van der Waals surface area contributed by atoms with Crippen molar-refractivity contribution in [2.24, 2.45) is 5.41 Å². The highest BCUT2D eigenvalue weighted by molar-refractivity contribution is 5.41. The molecule has 0 amide bonds. The van der Waals surface area contributed by atoms with Crippen LogP contribution >= 0.6 is 0 Å². The first-order valence-electron chi connectivity index (χ1n) is 7.90. The Hall–Kier alpha value is -0.980. The average molecular weight is 276 g/mol. The van der Waals surface area contributed by atoms with Gasteiger partial charge in [-0.1, -0.05) is 67.0 Å². The van der Waals surface area contributed by atoms with Crippen molar-refractivity contribution < 1.29 is 5.11 Å². The quantitative estimate of drug-likeness (QED) is 0.698. The second kappa shape index (κ2) is 6.20. The Kier molecular flexibility index (Phi) is 5.29. The standard InChI is InChI=1S/C19H32O/c1-8-9-14(2)16-12-15(10-11-17(16)20)19(6,7)13-18(3,4)5/h10-12,14,20H,8-9,13H2,1-7H3. The highest BCUT2D eigenvalue weighted by atomic mass is 16.3. The summed E-state index contributed by atoms with van der Waals surface area (Å²) in [4.78, 5) is 0. The van der Waals surface area contributed by atoms with Crippen LogP contribution in [0.4, 0.5) is 0 Å². The van der Waals surface area contributed by atoms with Crippen LogP contribution in [0.1, 0.15) is 84.8 Å². The minimum absolute atomic E-state index is 0.132. The fourth-order valence-corrected chi connectivity index (χ4v) is 3.39. The Morgan fingerprint density at radius 2 is 1.70 bits per heavy atom. The molecule has 20 heavy (non-hydrogen) atoms. The van der Waals surface area contributed by atoms with Gasteiger partial charge in [0, 0.05) is 0 Å². The monoisotopic (exact) mass is 276 g/mol. The maximum absolute atomic E-state index is 10.1. The van der Waals surface area contributed by atoms with Crippen molar-refractivity contribution in [1.82, 2.24) is 0 Å². The molecule has 0 aliphatic rings. The number of phenolic OH excluding ortho intramolecular Hbond substituents is 1. The lowest BCUT2D eigenvalue weighted by molar-refractivity contribution is 0.284. The molecule has 0 spiro atoms. The lowest BCUT2D eigenvalue weighted by atomic mass is 9.71. The summed E-state index contributed by atoms with van der Waals surface area (Å²) in [6.07, 6.45) is 3.40. The molecule has 0 aromatic heterocycles. The highest BCUT2D eigenvalue weighted by Gasteiger charge is 2.28. The molecule has 0 aliphatic heterocycles. The number of benzene rings is 1. The lowest BCUT2D eigenvalue weighted by Crippen LogP contribution is -2.25. The van der Waals surface area contributed by atoms with Gasteiger partial charge in [-0.25, -0.2) is 0 Å². The molecule has 1 N–H and O–H groups in total. The van der Waals surface area contributed by atoms with Gasteiger partial charge in [0.25, 0.3) is 0 Å². The normalized spacial score (nSPS) is 14.3. The van der Waals surface area contributed by atoms with Crippen molar-refractivity contribution >= 4 is 0 Å². The summed E-state index contributed by atoms with van der Waals surface area (Å²) in [6.45, 7) is 15.9. The predicted molar refractivity (Wildman–Crippen MR) is 88.5 cm³/mol. The van der Waals surface area contributed by atoms with Crippen LogP contribution in [0.2, 0.25) is 0 Å². The maximum atomic E-state index is 10.1. The number of hydrogen-bond donors (Lipinski definition) is 1. The van der Waals surface area contributed by atoms with Gasteiger partial charge in [-0.2, -0.15) is 0 Å². The second-order valence-corrected chi connectivity index (χ2v) is 8.08. The number of hydrogen-bond acceptors (Lipinski definition) is 1. The van der Waals surface area contributed by atoms with Gasteiger partial charge in [-0.05, 0) is 46.8 Å². The van der Waals surface area contributed by atoms with Gasteiger partial charge < -0.3 is 5.11 Å². The first-order chi connectivity index (χ1) is 9.07. The lowest BCUT2D eigenvalue weighted by Gasteiger charge is -2.33. The SMILES string of the molecule is CCCC(C)c1cc(C(C)(C)CC(C)(C)C)ccc1O. The van der Waals surface area contributed by atoms with E-state index in [2.05, 4.69) is 60.6 Å². The molecule has 0 bridgehead atoms. The minimum Gasteiger partial charge on any atom is -0.508 e. The van der Waals surface area contributed by atoms with E-state index < -0.39 is 0 Å². The van der Waals surface area contributed by atoms with E-state index in [1.165, 1.54) is 5.56 Å². The minimum atomic E-state index is 0.132. The van der Waals surface area contributed by atoms with Crippen LogP contribution in [0.3, 0.4) is 0 Å². The highest BCUT2D eigenvalue weighted by Crippen LogP contribution is 2.39. The largest absolute Gasteiger partial charge is 0.508 e. The van der Waals surface area contributed by atoms with Gasteiger partial charge in [0.15, 0.2) is 0 Å². The molecule has 1 rings (SSSR count). The fraction of sp³-hybridized carbons (Fsp3) is 0.684. The van der Waals surface area contributed by atoms with E-state index in [0.717, 1.165) is 24.8 Å². The van der Waals surface area contributed by atoms with Crippen molar-refractivity contribution in [1.29, 1.82) is 0 Å². The van der Waals surface area contributed by atoms with Crippen molar-refractivity contribution in [3.8, 4) is 5.75 Å². The number of rotatable bonds is 5. The third kappa shape index (κ3) is 4.54. The first-order valence-corrected chi connectivity index (χ1v) is 7.90. The molecule has 0 saturated carbocycles. The van der Waals surface area contributed by atoms with Gasteiger partial charge in [-0.15, -0.1) is 0 Å². The van der Waals surface area contributed by atoms with E-state index in [1.54, 1.807) is 0 Å². The third-order valence-electron chi connectivity index (χ3n) is 4.03. The predicted octanol–water partition coefficient (Wildman–Crippen LogP) is 6.01. The molecule has 1 atom stereocenters. The summed E-state index contributed by atoms with van der Waals surface area (Å²) in [6, 6.07) is 6.19. The van der Waals surface area contributed by atoms with Crippen LogP contribution in [0.5, 0.6) is 5.75 Å². The molecule has 0 radical (unpaired) electrons. The number of phenols is 1. The Labute approximate surface area is 125 Å². The molecule has 0 fully saturated rings. The Bertz CT molecular complexity index is 438. The van der Waals surface area contributed by atoms with Crippen LogP contribution in [0, 0.1) is 5.41 Å². The van der Waals surface area contributed by atoms with Gasteiger partial charge in [-0.3, -0.25) is 0 Å². The second-order valence-electron chi connectivity index (χ2n) is 8.08. The summed E-state index contributed by atoms with van der Waals surface area (Å²) < 4.78 is 0. The summed E-state index contributed by atoms with van der Waals surface area (Å²) in [5.74, 6) is 0.867. The molecule has 0 heterocycles. The van der Waals surface area contributed by atoms with Gasteiger partial charge in [0.1, 0.15) is 5.75 Å². The summed E-state index contributed by atoms with van der Waals surface area (Å²) in [7, 11) is 0. The van der Waals surface area contributed by atoms with Crippen molar-refractivity contribution in [3.63, 3.8) is 0 Å². The zero-order chi connectivity index (χ0) is 15.6. The molecule has 1 heteroatoms.